The summed E-state index contributed by atoms with van der Waals surface area (Å²) in [6.07, 6.45) is -2.84. The molecule has 110 valence electrons. The molecular weight excluding hydrogens is 269 g/mol. The number of alkyl halides is 3. The summed E-state index contributed by atoms with van der Waals surface area (Å²) in [6.45, 7) is 0. The minimum atomic E-state index is -4.32. The first-order valence-corrected chi connectivity index (χ1v) is 6.61. The zero-order valence-electron chi connectivity index (χ0n) is 10.9. The van der Waals surface area contributed by atoms with Crippen LogP contribution in [0.3, 0.4) is 0 Å². The lowest BCUT2D eigenvalue weighted by atomic mass is 9.78. The highest BCUT2D eigenvalue weighted by Gasteiger charge is 2.47. The van der Waals surface area contributed by atoms with Gasteiger partial charge in [-0.1, -0.05) is 18.9 Å². The number of carbonyl (C=O) groups is 1. The summed E-state index contributed by atoms with van der Waals surface area (Å²) in [5.41, 5.74) is 6.47. The first kappa shape index (κ1) is 14.7. The molecule has 20 heavy (non-hydrogen) atoms. The van der Waals surface area contributed by atoms with Gasteiger partial charge in [-0.3, -0.25) is 4.79 Å². The van der Waals surface area contributed by atoms with Crippen molar-refractivity contribution in [3.63, 3.8) is 0 Å². The fourth-order valence-corrected chi connectivity index (χ4v) is 2.69. The number of nitrogens with two attached hydrogens (primary N) is 1. The molecule has 1 fully saturated rings. The molecule has 1 aliphatic carbocycles. The number of carbonyl (C=O) groups excluding carboxylic acids is 1. The van der Waals surface area contributed by atoms with Gasteiger partial charge in [0, 0.05) is 17.3 Å². The van der Waals surface area contributed by atoms with Crippen molar-refractivity contribution in [1.82, 2.24) is 0 Å². The Labute approximate surface area is 115 Å². The van der Waals surface area contributed by atoms with E-state index in [1.165, 1.54) is 6.07 Å². The van der Waals surface area contributed by atoms with Crippen LogP contribution in [-0.4, -0.2) is 12.1 Å². The Morgan fingerprint density at radius 3 is 2.60 bits per heavy atom. The average Bonchev–Trinajstić information content (AvgIpc) is 2.37. The van der Waals surface area contributed by atoms with Crippen molar-refractivity contribution in [1.29, 1.82) is 0 Å². The van der Waals surface area contributed by atoms with E-state index in [9.17, 15) is 18.0 Å². The molecule has 3 nitrogen and oxygen atoms in total. The second kappa shape index (κ2) is 5.73. The van der Waals surface area contributed by atoms with Crippen LogP contribution in [0.1, 0.15) is 25.7 Å². The van der Waals surface area contributed by atoms with Crippen LogP contribution in [0.15, 0.2) is 24.3 Å². The van der Waals surface area contributed by atoms with E-state index in [4.69, 9.17) is 5.73 Å². The third kappa shape index (κ3) is 3.43. The number of halogens is 3. The summed E-state index contributed by atoms with van der Waals surface area (Å²) >= 11 is 0. The number of hydrogen-bond donors (Lipinski definition) is 2. The van der Waals surface area contributed by atoms with E-state index in [-0.39, 0.29) is 12.8 Å². The molecule has 1 saturated carbocycles. The largest absolute Gasteiger partial charge is 0.399 e. The van der Waals surface area contributed by atoms with Crippen LogP contribution in [0.5, 0.6) is 0 Å². The quantitative estimate of drug-likeness (QED) is 0.816. The van der Waals surface area contributed by atoms with Crippen molar-refractivity contribution in [2.75, 3.05) is 11.1 Å². The van der Waals surface area contributed by atoms with E-state index in [0.717, 1.165) is 0 Å². The van der Waals surface area contributed by atoms with E-state index in [1.807, 2.05) is 0 Å². The van der Waals surface area contributed by atoms with Crippen LogP contribution >= 0.6 is 0 Å². The minimum Gasteiger partial charge on any atom is -0.399 e. The Balaban J connectivity index is 2.10. The predicted molar refractivity (Wildman–Crippen MR) is 71.0 cm³/mol. The maximum Gasteiger partial charge on any atom is 0.392 e. The van der Waals surface area contributed by atoms with Gasteiger partial charge in [0.2, 0.25) is 5.91 Å². The van der Waals surface area contributed by atoms with Crippen LogP contribution in [0.4, 0.5) is 24.5 Å². The molecule has 0 aromatic heterocycles. The summed E-state index contributed by atoms with van der Waals surface area (Å²) in [5, 5.41) is 2.54. The summed E-state index contributed by atoms with van der Waals surface area (Å²) in [6, 6.07) is 6.44. The molecule has 6 heteroatoms. The van der Waals surface area contributed by atoms with Crippen LogP contribution in [0.2, 0.25) is 0 Å². The summed E-state index contributed by atoms with van der Waals surface area (Å²) in [5.74, 6) is -3.12. The molecule has 0 saturated heterocycles. The molecule has 2 unspecified atom stereocenters. The zero-order chi connectivity index (χ0) is 14.8. The third-order valence-electron chi connectivity index (χ3n) is 3.68. The summed E-state index contributed by atoms with van der Waals surface area (Å²) < 4.78 is 38.9. The van der Waals surface area contributed by atoms with Crippen LogP contribution in [0.25, 0.3) is 0 Å². The van der Waals surface area contributed by atoms with Crippen LogP contribution in [0, 0.1) is 11.8 Å². The molecule has 0 heterocycles. The highest BCUT2D eigenvalue weighted by molar-refractivity contribution is 5.93. The smallest absolute Gasteiger partial charge is 0.392 e. The fraction of sp³-hybridized carbons (Fsp3) is 0.500. The Morgan fingerprint density at radius 2 is 1.95 bits per heavy atom. The van der Waals surface area contributed by atoms with Crippen LogP contribution in [-0.2, 0) is 4.79 Å². The molecule has 2 atom stereocenters. The van der Waals surface area contributed by atoms with E-state index in [1.54, 1.807) is 18.2 Å². The molecule has 0 bridgehead atoms. The van der Waals surface area contributed by atoms with Crippen molar-refractivity contribution >= 4 is 17.3 Å². The molecule has 0 aliphatic heterocycles. The molecule has 1 aliphatic rings. The van der Waals surface area contributed by atoms with Crippen LogP contribution < -0.4 is 11.1 Å². The molecule has 1 aromatic rings. The van der Waals surface area contributed by atoms with E-state index < -0.39 is 23.9 Å². The molecule has 0 spiro atoms. The number of benzene rings is 1. The summed E-state index contributed by atoms with van der Waals surface area (Å²) in [7, 11) is 0. The molecular formula is C14H17F3N2O. The third-order valence-corrected chi connectivity index (χ3v) is 3.68. The maximum atomic E-state index is 13.0. The van der Waals surface area contributed by atoms with Gasteiger partial charge in [-0.15, -0.1) is 0 Å². The van der Waals surface area contributed by atoms with E-state index in [0.29, 0.717) is 24.2 Å². The van der Waals surface area contributed by atoms with Crippen molar-refractivity contribution < 1.29 is 18.0 Å². The normalized spacial score (nSPS) is 23.4. The number of nitrogens with one attached hydrogen (secondary N) is 1. The second-order valence-corrected chi connectivity index (χ2v) is 5.15. The maximum absolute atomic E-state index is 13.0. The highest BCUT2D eigenvalue weighted by atomic mass is 19.4. The van der Waals surface area contributed by atoms with Gasteiger partial charge < -0.3 is 11.1 Å². The minimum absolute atomic E-state index is 0.0263. The van der Waals surface area contributed by atoms with E-state index in [2.05, 4.69) is 5.32 Å². The lowest BCUT2D eigenvalue weighted by molar-refractivity contribution is -0.197. The second-order valence-electron chi connectivity index (χ2n) is 5.15. The molecule has 3 N–H and O–H groups in total. The van der Waals surface area contributed by atoms with Crippen molar-refractivity contribution in [3.8, 4) is 0 Å². The zero-order valence-corrected chi connectivity index (χ0v) is 10.9. The summed E-state index contributed by atoms with van der Waals surface area (Å²) in [4.78, 5) is 12.1. The van der Waals surface area contributed by atoms with Gasteiger partial charge in [-0.25, -0.2) is 0 Å². The SMILES string of the molecule is Nc1cccc(NC(=O)C2CCCCC2C(F)(F)F)c1. The highest BCUT2D eigenvalue weighted by Crippen LogP contribution is 2.41. The standard InChI is InChI=1S/C14H17F3N2O/c15-14(16,17)12-7-2-1-6-11(12)13(20)19-10-5-3-4-9(18)8-10/h3-5,8,11-12H,1-2,6-7,18H2,(H,19,20). The monoisotopic (exact) mass is 286 g/mol. The molecule has 1 aromatic carbocycles. The molecule has 0 radical (unpaired) electrons. The topological polar surface area (TPSA) is 55.1 Å². The number of amides is 1. The van der Waals surface area contributed by atoms with Crippen molar-refractivity contribution in [3.05, 3.63) is 24.3 Å². The average molecular weight is 286 g/mol. The van der Waals surface area contributed by atoms with Gasteiger partial charge >= 0.3 is 6.18 Å². The lowest BCUT2D eigenvalue weighted by Crippen LogP contribution is -2.39. The number of nitrogen functional groups attached to an aromatic ring is 1. The van der Waals surface area contributed by atoms with E-state index >= 15 is 0 Å². The molecule has 2 rings (SSSR count). The number of hydrogen-bond acceptors (Lipinski definition) is 2. The van der Waals surface area contributed by atoms with Gasteiger partial charge in [0.1, 0.15) is 0 Å². The van der Waals surface area contributed by atoms with Gasteiger partial charge in [-0.2, -0.15) is 13.2 Å². The first-order valence-electron chi connectivity index (χ1n) is 6.61. The Hall–Kier alpha value is -1.72. The van der Waals surface area contributed by atoms with Crippen molar-refractivity contribution in [2.24, 2.45) is 11.8 Å². The first-order chi connectivity index (χ1) is 9.38. The van der Waals surface area contributed by atoms with Gasteiger partial charge in [0.25, 0.3) is 0 Å². The van der Waals surface area contributed by atoms with Crippen molar-refractivity contribution in [2.45, 2.75) is 31.9 Å². The Bertz CT molecular complexity index is 488. The van der Waals surface area contributed by atoms with Gasteiger partial charge in [0.15, 0.2) is 0 Å². The fourth-order valence-electron chi connectivity index (χ4n) is 2.69. The Morgan fingerprint density at radius 1 is 1.25 bits per heavy atom. The predicted octanol–water partition coefficient (Wildman–Crippen LogP) is 3.58. The Kier molecular flexibility index (Phi) is 4.20. The van der Waals surface area contributed by atoms with Gasteiger partial charge in [-0.05, 0) is 31.0 Å². The van der Waals surface area contributed by atoms with Gasteiger partial charge in [0.05, 0.1) is 5.92 Å². The molecule has 1 amide bonds. The lowest BCUT2D eigenvalue weighted by Gasteiger charge is -2.32. The number of rotatable bonds is 2. The number of anilines is 2.